The minimum absolute atomic E-state index is 0.207. The van der Waals surface area contributed by atoms with E-state index in [1.54, 1.807) is 12.1 Å². The molecule has 0 spiro atoms. The number of hydrogen-bond acceptors (Lipinski definition) is 5. The van der Waals surface area contributed by atoms with E-state index in [-0.39, 0.29) is 6.42 Å². The molecule has 1 aromatic carbocycles. The number of anilines is 1. The lowest BCUT2D eigenvalue weighted by atomic mass is 10.2. The van der Waals surface area contributed by atoms with Crippen molar-refractivity contribution in [2.24, 2.45) is 0 Å². The van der Waals surface area contributed by atoms with E-state index in [1.807, 2.05) is 43.3 Å². The summed E-state index contributed by atoms with van der Waals surface area (Å²) in [5.74, 6) is -0.102. The highest BCUT2D eigenvalue weighted by atomic mass is 35.5. The Balaban J connectivity index is 2.08. The van der Waals surface area contributed by atoms with Crippen LogP contribution in [0.2, 0.25) is 4.34 Å². The van der Waals surface area contributed by atoms with Crippen LogP contribution >= 0.6 is 22.9 Å². The van der Waals surface area contributed by atoms with Crippen molar-refractivity contribution in [2.75, 3.05) is 19.0 Å². The van der Waals surface area contributed by atoms with E-state index in [0.717, 1.165) is 16.1 Å². The van der Waals surface area contributed by atoms with Gasteiger partial charge in [0.2, 0.25) is 5.89 Å². The second kappa shape index (κ2) is 6.67. The largest absolute Gasteiger partial charge is 0.481 e. The normalized spacial score (nSPS) is 10.8. The fourth-order valence-corrected chi connectivity index (χ4v) is 3.33. The van der Waals surface area contributed by atoms with Gasteiger partial charge in [-0.2, -0.15) is 0 Å². The van der Waals surface area contributed by atoms with Crippen molar-refractivity contribution in [2.45, 2.75) is 6.42 Å². The number of carboxylic acid groups (broad SMARTS) is 1. The molecule has 3 rings (SSSR count). The van der Waals surface area contributed by atoms with Crippen LogP contribution in [0.1, 0.15) is 5.69 Å². The third-order valence-electron chi connectivity index (χ3n) is 3.42. The van der Waals surface area contributed by atoms with Gasteiger partial charge < -0.3 is 14.4 Å². The van der Waals surface area contributed by atoms with Crippen LogP contribution in [0.4, 0.5) is 5.69 Å². The van der Waals surface area contributed by atoms with Crippen molar-refractivity contribution >= 4 is 34.6 Å². The topological polar surface area (TPSA) is 66.6 Å². The van der Waals surface area contributed by atoms with E-state index < -0.39 is 5.97 Å². The maximum Gasteiger partial charge on any atom is 0.309 e. The van der Waals surface area contributed by atoms with Crippen molar-refractivity contribution in [3.8, 4) is 22.1 Å². The van der Waals surface area contributed by atoms with Gasteiger partial charge >= 0.3 is 5.97 Å². The second-order valence-electron chi connectivity index (χ2n) is 5.41. The minimum atomic E-state index is -0.958. The molecule has 0 amide bonds. The number of thiophene rings is 1. The summed E-state index contributed by atoms with van der Waals surface area (Å²) < 4.78 is 6.50. The van der Waals surface area contributed by atoms with E-state index in [2.05, 4.69) is 4.98 Å². The highest BCUT2D eigenvalue weighted by Gasteiger charge is 2.20. The smallest absolute Gasteiger partial charge is 0.309 e. The molecular weight excluding hydrogens is 348 g/mol. The summed E-state index contributed by atoms with van der Waals surface area (Å²) in [5.41, 5.74) is 2.19. The van der Waals surface area contributed by atoms with Crippen LogP contribution in [0.25, 0.3) is 22.1 Å². The summed E-state index contributed by atoms with van der Waals surface area (Å²) in [6, 6.07) is 11.3. The predicted molar refractivity (Wildman–Crippen MR) is 95.9 cm³/mol. The molecule has 0 aliphatic rings. The monoisotopic (exact) mass is 362 g/mol. The van der Waals surface area contributed by atoms with Crippen molar-refractivity contribution in [1.82, 2.24) is 4.98 Å². The van der Waals surface area contributed by atoms with Gasteiger partial charge in [-0.1, -0.05) is 17.7 Å². The van der Waals surface area contributed by atoms with Gasteiger partial charge in [0.05, 0.1) is 21.3 Å². The average molecular weight is 363 g/mol. The molecule has 0 fully saturated rings. The van der Waals surface area contributed by atoms with E-state index in [1.165, 1.54) is 11.3 Å². The number of aromatic nitrogens is 1. The molecule has 2 aromatic heterocycles. The number of carboxylic acids is 1. The van der Waals surface area contributed by atoms with Crippen molar-refractivity contribution < 1.29 is 14.3 Å². The van der Waals surface area contributed by atoms with Gasteiger partial charge in [0.25, 0.3) is 0 Å². The molecule has 1 N–H and O–H groups in total. The third-order valence-corrected chi connectivity index (χ3v) is 4.65. The highest BCUT2D eigenvalue weighted by molar-refractivity contribution is 7.19. The molecule has 0 radical (unpaired) electrons. The Kier molecular flexibility index (Phi) is 4.59. The zero-order chi connectivity index (χ0) is 17.3. The minimum Gasteiger partial charge on any atom is -0.481 e. The Hall–Kier alpha value is -2.31. The molecule has 0 atom stereocenters. The first kappa shape index (κ1) is 16.5. The van der Waals surface area contributed by atoms with Gasteiger partial charge in [-0.15, -0.1) is 11.3 Å². The fourth-order valence-electron chi connectivity index (χ4n) is 2.28. The van der Waals surface area contributed by atoms with Crippen LogP contribution in [-0.2, 0) is 11.2 Å². The summed E-state index contributed by atoms with van der Waals surface area (Å²) in [6.07, 6.45) is -0.207. The Labute approximate surface area is 148 Å². The molecule has 24 heavy (non-hydrogen) atoms. The first-order valence-corrected chi connectivity index (χ1v) is 8.38. The number of benzene rings is 1. The molecule has 3 aromatic rings. The number of aliphatic carboxylic acids is 1. The molecule has 7 heteroatoms. The van der Waals surface area contributed by atoms with Crippen molar-refractivity contribution in [3.05, 3.63) is 46.4 Å². The Bertz CT molecular complexity index is 886. The zero-order valence-electron chi connectivity index (χ0n) is 13.1. The summed E-state index contributed by atoms with van der Waals surface area (Å²) >= 11 is 7.31. The predicted octanol–water partition coefficient (Wildman–Crippen LogP) is 4.42. The molecular formula is C17H15ClN2O3S. The summed E-state index contributed by atoms with van der Waals surface area (Å²) in [7, 11) is 3.90. The van der Waals surface area contributed by atoms with E-state index >= 15 is 0 Å². The highest BCUT2D eigenvalue weighted by Crippen LogP contribution is 2.36. The lowest BCUT2D eigenvalue weighted by Gasteiger charge is -2.12. The van der Waals surface area contributed by atoms with Gasteiger partial charge in [-0.3, -0.25) is 4.79 Å². The summed E-state index contributed by atoms with van der Waals surface area (Å²) in [4.78, 5) is 18.3. The number of oxazole rings is 1. The zero-order valence-corrected chi connectivity index (χ0v) is 14.7. The lowest BCUT2D eigenvalue weighted by molar-refractivity contribution is -0.136. The van der Waals surface area contributed by atoms with Crippen molar-refractivity contribution in [3.63, 3.8) is 0 Å². The maximum atomic E-state index is 11.1. The van der Waals surface area contributed by atoms with Crippen LogP contribution in [-0.4, -0.2) is 30.2 Å². The number of nitrogens with zero attached hydrogens (tertiary/aromatic N) is 2. The van der Waals surface area contributed by atoms with Crippen LogP contribution in [0.5, 0.6) is 0 Å². The molecule has 0 unspecified atom stereocenters. The van der Waals surface area contributed by atoms with Crippen LogP contribution in [0.15, 0.2) is 40.8 Å². The number of hydrogen-bond donors (Lipinski definition) is 1. The van der Waals surface area contributed by atoms with Gasteiger partial charge in [0.1, 0.15) is 0 Å². The van der Waals surface area contributed by atoms with Gasteiger partial charge in [0.15, 0.2) is 5.76 Å². The molecule has 5 nitrogen and oxygen atoms in total. The standard InChI is InChI=1S/C17H15ClN2O3S/c1-20(2)11-5-3-4-10(8-11)17-19-12(9-15(21)22)16(23-17)13-6-7-14(18)24-13/h3-8H,9H2,1-2H3,(H,21,22). The van der Waals surface area contributed by atoms with Crippen LogP contribution in [0, 0.1) is 0 Å². The van der Waals surface area contributed by atoms with E-state index in [4.69, 9.17) is 21.1 Å². The molecule has 0 bridgehead atoms. The van der Waals surface area contributed by atoms with Crippen molar-refractivity contribution in [1.29, 1.82) is 0 Å². The Morgan fingerprint density at radius 3 is 2.75 bits per heavy atom. The lowest BCUT2D eigenvalue weighted by Crippen LogP contribution is -2.08. The van der Waals surface area contributed by atoms with Crippen LogP contribution < -0.4 is 4.90 Å². The molecule has 0 aliphatic heterocycles. The maximum absolute atomic E-state index is 11.1. The number of halogens is 1. The molecule has 124 valence electrons. The first-order valence-electron chi connectivity index (χ1n) is 7.19. The molecule has 0 saturated heterocycles. The quantitative estimate of drug-likeness (QED) is 0.727. The SMILES string of the molecule is CN(C)c1cccc(-c2nc(CC(=O)O)c(-c3ccc(Cl)s3)o2)c1. The third kappa shape index (κ3) is 3.44. The van der Waals surface area contributed by atoms with Gasteiger partial charge in [-0.25, -0.2) is 4.98 Å². The van der Waals surface area contributed by atoms with Gasteiger partial charge in [-0.05, 0) is 30.3 Å². The van der Waals surface area contributed by atoms with Gasteiger partial charge in [0, 0.05) is 25.3 Å². The number of rotatable bonds is 5. The Morgan fingerprint density at radius 1 is 1.33 bits per heavy atom. The average Bonchev–Trinajstić information content (AvgIpc) is 3.13. The Morgan fingerprint density at radius 2 is 2.12 bits per heavy atom. The second-order valence-corrected chi connectivity index (χ2v) is 7.13. The van der Waals surface area contributed by atoms with Crippen LogP contribution in [0.3, 0.4) is 0 Å². The first-order chi connectivity index (χ1) is 11.4. The molecule has 2 heterocycles. The summed E-state index contributed by atoms with van der Waals surface area (Å²) in [6.45, 7) is 0. The van der Waals surface area contributed by atoms with E-state index in [9.17, 15) is 4.79 Å². The molecule has 0 aliphatic carbocycles. The number of carbonyl (C=O) groups is 1. The summed E-state index contributed by atoms with van der Waals surface area (Å²) in [5, 5.41) is 9.13. The fraction of sp³-hybridized carbons (Fsp3) is 0.176. The molecule has 0 saturated carbocycles. The van der Waals surface area contributed by atoms with E-state index in [0.29, 0.717) is 21.7 Å².